The summed E-state index contributed by atoms with van der Waals surface area (Å²) < 4.78 is 0. The van der Waals surface area contributed by atoms with E-state index in [0.717, 1.165) is 17.1 Å². The Morgan fingerprint density at radius 1 is 0.197 bits per heavy atom. The van der Waals surface area contributed by atoms with Crippen molar-refractivity contribution in [2.24, 2.45) is 0 Å². The Hall–Kier alpha value is -8.00. The van der Waals surface area contributed by atoms with Gasteiger partial charge in [-0.3, -0.25) is 0 Å². The van der Waals surface area contributed by atoms with Gasteiger partial charge in [0.2, 0.25) is 0 Å². The average Bonchev–Trinajstić information content (AvgIpc) is 3.34. The summed E-state index contributed by atoms with van der Waals surface area (Å²) in [6.07, 6.45) is 0. The summed E-state index contributed by atoms with van der Waals surface area (Å²) >= 11 is 0. The second kappa shape index (κ2) is 15.6. The van der Waals surface area contributed by atoms with Crippen LogP contribution in [0.25, 0.3) is 88.0 Å². The molecule has 0 N–H and O–H groups in total. The Kier molecular flexibility index (Phi) is 9.26. The van der Waals surface area contributed by atoms with Crippen LogP contribution in [0.5, 0.6) is 0 Å². The molecule has 1 heteroatoms. The molecule has 0 aliphatic carbocycles. The van der Waals surface area contributed by atoms with Crippen LogP contribution < -0.4 is 4.90 Å². The van der Waals surface area contributed by atoms with E-state index in [1.807, 2.05) is 0 Å². The van der Waals surface area contributed by atoms with Gasteiger partial charge in [-0.2, -0.15) is 0 Å². The molecule has 1 nitrogen and oxygen atoms in total. The summed E-state index contributed by atoms with van der Waals surface area (Å²) in [7, 11) is 0. The maximum Gasteiger partial charge on any atom is 0.0468 e. The zero-order valence-corrected chi connectivity index (χ0v) is 33.6. The smallest absolute Gasteiger partial charge is 0.0468 e. The molecule has 0 radical (unpaired) electrons. The van der Waals surface area contributed by atoms with Crippen LogP contribution in [0.15, 0.2) is 249 Å². The van der Waals surface area contributed by atoms with Crippen molar-refractivity contribution < 1.29 is 0 Å². The number of hydrogen-bond acceptors (Lipinski definition) is 1. The Morgan fingerprint density at radius 3 is 1.25 bits per heavy atom. The molecule has 0 fully saturated rings. The van der Waals surface area contributed by atoms with Gasteiger partial charge in [-0.15, -0.1) is 0 Å². The lowest BCUT2D eigenvalue weighted by Crippen LogP contribution is -2.09. The van der Waals surface area contributed by atoms with Crippen LogP contribution >= 0.6 is 0 Å². The molecule has 0 spiro atoms. The predicted molar refractivity (Wildman–Crippen MR) is 261 cm³/mol. The van der Waals surface area contributed by atoms with Crippen LogP contribution in [-0.2, 0) is 0 Å². The second-order valence-electron chi connectivity index (χ2n) is 15.7. The molecule has 0 atom stereocenters. The molecule has 0 amide bonds. The normalized spacial score (nSPS) is 11.3. The minimum Gasteiger partial charge on any atom is -0.310 e. The minimum absolute atomic E-state index is 1.10. The summed E-state index contributed by atoms with van der Waals surface area (Å²) in [5, 5.41) is 7.53. The van der Waals surface area contributed by atoms with Crippen molar-refractivity contribution in [1.82, 2.24) is 0 Å². The Bertz CT molecular complexity index is 3340. The fourth-order valence-corrected chi connectivity index (χ4v) is 9.06. The molecule has 0 aliphatic rings. The summed E-state index contributed by atoms with van der Waals surface area (Å²) in [6.45, 7) is 0. The standard InChI is InChI=1S/C60H41N/c1-2-15-44(16-3-1)54-20-8-10-22-57(54)59-24-12-13-25-60(59)58-23-11-9-21-55(58)46-31-36-51(37-32-46)61(52-38-30-42-14-4-5-18-47(42)41-52)50-34-28-43(29-35-50)48-33-39-56-49(40-48)27-26-45-17-6-7-19-53(45)56/h1-41H. The van der Waals surface area contributed by atoms with E-state index in [0.29, 0.717) is 0 Å². The van der Waals surface area contributed by atoms with E-state index in [1.54, 1.807) is 0 Å². The largest absolute Gasteiger partial charge is 0.310 e. The molecular formula is C60H41N. The molecule has 11 aromatic carbocycles. The molecule has 0 heterocycles. The first-order valence-corrected chi connectivity index (χ1v) is 21.0. The molecule has 11 rings (SSSR count). The van der Waals surface area contributed by atoms with Crippen molar-refractivity contribution in [3.8, 4) is 55.6 Å². The zero-order valence-electron chi connectivity index (χ0n) is 33.6. The molecule has 0 saturated heterocycles. The zero-order chi connectivity index (χ0) is 40.5. The van der Waals surface area contributed by atoms with Gasteiger partial charge in [-0.05, 0) is 130 Å². The van der Waals surface area contributed by atoms with E-state index < -0.39 is 0 Å². The van der Waals surface area contributed by atoms with Crippen molar-refractivity contribution in [1.29, 1.82) is 0 Å². The summed E-state index contributed by atoms with van der Waals surface area (Å²) in [4.78, 5) is 2.37. The average molecular weight is 776 g/mol. The third-order valence-corrected chi connectivity index (χ3v) is 12.1. The highest BCUT2D eigenvalue weighted by molar-refractivity contribution is 6.08. The van der Waals surface area contributed by atoms with Crippen LogP contribution in [0.4, 0.5) is 17.1 Å². The third-order valence-electron chi connectivity index (χ3n) is 12.1. The molecule has 11 aromatic rings. The van der Waals surface area contributed by atoms with Gasteiger partial charge >= 0.3 is 0 Å². The van der Waals surface area contributed by atoms with Gasteiger partial charge in [0.05, 0.1) is 0 Å². The van der Waals surface area contributed by atoms with Crippen LogP contribution in [0.1, 0.15) is 0 Å². The Labute approximate surface area is 357 Å². The fraction of sp³-hybridized carbons (Fsp3) is 0. The van der Waals surface area contributed by atoms with Gasteiger partial charge in [0.25, 0.3) is 0 Å². The topological polar surface area (TPSA) is 3.24 Å². The van der Waals surface area contributed by atoms with Crippen molar-refractivity contribution in [3.63, 3.8) is 0 Å². The highest BCUT2D eigenvalue weighted by Crippen LogP contribution is 2.43. The van der Waals surface area contributed by atoms with E-state index in [9.17, 15) is 0 Å². The predicted octanol–water partition coefficient (Wildman–Crippen LogP) is 17.0. The maximum absolute atomic E-state index is 2.37. The van der Waals surface area contributed by atoms with E-state index in [4.69, 9.17) is 0 Å². The first-order chi connectivity index (χ1) is 30.2. The lowest BCUT2D eigenvalue weighted by Gasteiger charge is -2.26. The van der Waals surface area contributed by atoms with Gasteiger partial charge in [0.1, 0.15) is 0 Å². The Morgan fingerprint density at radius 2 is 0.607 bits per heavy atom. The van der Waals surface area contributed by atoms with E-state index >= 15 is 0 Å². The number of nitrogens with zero attached hydrogens (tertiary/aromatic N) is 1. The first kappa shape index (κ1) is 36.1. The van der Waals surface area contributed by atoms with E-state index in [-0.39, 0.29) is 0 Å². The molecule has 61 heavy (non-hydrogen) atoms. The van der Waals surface area contributed by atoms with Crippen molar-refractivity contribution in [3.05, 3.63) is 249 Å². The van der Waals surface area contributed by atoms with Crippen molar-refractivity contribution >= 4 is 49.4 Å². The number of anilines is 3. The molecule has 0 saturated carbocycles. The number of benzene rings is 11. The maximum atomic E-state index is 2.37. The highest BCUT2D eigenvalue weighted by atomic mass is 15.1. The summed E-state index contributed by atoms with van der Waals surface area (Å²) in [5.74, 6) is 0. The molecule has 0 bridgehead atoms. The number of rotatable bonds is 8. The molecular weight excluding hydrogens is 735 g/mol. The SMILES string of the molecule is c1ccc(-c2ccccc2-c2ccccc2-c2ccccc2-c2ccc(N(c3ccc(-c4ccc5c(ccc6ccccc65)c4)cc3)c3ccc4ccccc4c3)cc2)cc1. The van der Waals surface area contributed by atoms with Gasteiger partial charge < -0.3 is 4.90 Å². The second-order valence-corrected chi connectivity index (χ2v) is 15.7. The van der Waals surface area contributed by atoms with E-state index in [2.05, 4.69) is 254 Å². The summed E-state index contributed by atoms with van der Waals surface area (Å²) in [5.41, 5.74) is 15.4. The van der Waals surface area contributed by atoms with Crippen molar-refractivity contribution in [2.45, 2.75) is 0 Å². The van der Waals surface area contributed by atoms with Gasteiger partial charge in [0, 0.05) is 17.1 Å². The molecule has 0 aliphatic heterocycles. The lowest BCUT2D eigenvalue weighted by molar-refractivity contribution is 1.29. The van der Waals surface area contributed by atoms with Gasteiger partial charge in [0.15, 0.2) is 0 Å². The molecule has 0 aromatic heterocycles. The van der Waals surface area contributed by atoms with Gasteiger partial charge in [-0.1, -0.05) is 206 Å². The summed E-state index contributed by atoms with van der Waals surface area (Å²) in [6, 6.07) is 90.4. The number of fused-ring (bicyclic) bond motifs is 4. The molecule has 0 unspecified atom stereocenters. The lowest BCUT2D eigenvalue weighted by atomic mass is 9.87. The highest BCUT2D eigenvalue weighted by Gasteiger charge is 2.17. The molecule has 286 valence electrons. The van der Waals surface area contributed by atoms with Crippen LogP contribution in [0.3, 0.4) is 0 Å². The van der Waals surface area contributed by atoms with Crippen LogP contribution in [0, 0.1) is 0 Å². The monoisotopic (exact) mass is 775 g/mol. The fourth-order valence-electron chi connectivity index (χ4n) is 9.06. The van der Waals surface area contributed by atoms with E-state index in [1.165, 1.54) is 88.0 Å². The quantitative estimate of drug-likeness (QED) is 0.139. The van der Waals surface area contributed by atoms with Crippen LogP contribution in [0.2, 0.25) is 0 Å². The van der Waals surface area contributed by atoms with Crippen LogP contribution in [-0.4, -0.2) is 0 Å². The Balaban J connectivity index is 0.971. The minimum atomic E-state index is 1.10. The van der Waals surface area contributed by atoms with Crippen molar-refractivity contribution in [2.75, 3.05) is 4.90 Å². The first-order valence-electron chi connectivity index (χ1n) is 21.0. The number of hydrogen-bond donors (Lipinski definition) is 0. The van der Waals surface area contributed by atoms with Gasteiger partial charge in [-0.25, -0.2) is 0 Å². The third kappa shape index (κ3) is 6.83.